The second-order valence-corrected chi connectivity index (χ2v) is 5.38. The Balaban J connectivity index is 1.73. The van der Waals surface area contributed by atoms with Crippen molar-refractivity contribution in [2.75, 3.05) is 13.1 Å². The second-order valence-electron chi connectivity index (χ2n) is 5.38. The van der Waals surface area contributed by atoms with Gasteiger partial charge < -0.3 is 10.2 Å². The number of hydrogen-bond donors (Lipinski definition) is 1. The van der Waals surface area contributed by atoms with E-state index in [0.717, 1.165) is 13.0 Å². The molecule has 0 aliphatic heterocycles. The van der Waals surface area contributed by atoms with E-state index in [2.05, 4.69) is 43.4 Å². The number of nitrogens with zero attached hydrogens (tertiary/aromatic N) is 1. The van der Waals surface area contributed by atoms with Crippen LogP contribution in [0.3, 0.4) is 0 Å². The molecule has 2 rings (SSSR count). The largest absolute Gasteiger partial charge is 0.339 e. The summed E-state index contributed by atoms with van der Waals surface area (Å²) >= 11 is 0. The summed E-state index contributed by atoms with van der Waals surface area (Å²) in [6.45, 7) is 5.48. The molecule has 3 nitrogen and oxygen atoms in total. The summed E-state index contributed by atoms with van der Waals surface area (Å²) in [4.78, 5) is 14.1. The van der Waals surface area contributed by atoms with Crippen LogP contribution in [-0.2, 0) is 11.2 Å². The molecule has 1 aliphatic carbocycles. The van der Waals surface area contributed by atoms with Gasteiger partial charge in [0.2, 0.25) is 5.91 Å². The highest BCUT2D eigenvalue weighted by molar-refractivity contribution is 5.78. The summed E-state index contributed by atoms with van der Waals surface area (Å²) in [5.41, 5.74) is 1.31. The van der Waals surface area contributed by atoms with Crippen molar-refractivity contribution in [1.82, 2.24) is 10.2 Å². The van der Waals surface area contributed by atoms with Crippen LogP contribution in [-0.4, -0.2) is 36.0 Å². The number of carbonyl (C=O) groups is 1. The van der Waals surface area contributed by atoms with Gasteiger partial charge in [-0.05, 0) is 38.7 Å². The number of likely N-dealkylation sites (N-methyl/N-ethyl adjacent to an activating group) is 1. The first kappa shape index (κ1) is 14.1. The Bertz CT molecular complexity index is 400. The molecule has 1 aliphatic rings. The SMILES string of the molecule is CCN(C(=O)CNC(C)Cc1ccccc1)C1CC1. The monoisotopic (exact) mass is 260 g/mol. The summed E-state index contributed by atoms with van der Waals surface area (Å²) in [7, 11) is 0. The number of rotatable bonds is 7. The third kappa shape index (κ3) is 4.35. The Kier molecular flexibility index (Phi) is 4.97. The lowest BCUT2D eigenvalue weighted by molar-refractivity contribution is -0.130. The molecule has 0 spiro atoms. The van der Waals surface area contributed by atoms with Crippen LogP contribution in [0, 0.1) is 0 Å². The number of benzene rings is 1. The minimum atomic E-state index is 0.241. The zero-order valence-electron chi connectivity index (χ0n) is 11.9. The third-order valence-electron chi connectivity index (χ3n) is 3.64. The van der Waals surface area contributed by atoms with E-state index < -0.39 is 0 Å². The van der Waals surface area contributed by atoms with Gasteiger partial charge in [-0.3, -0.25) is 4.79 Å². The number of amides is 1. The maximum Gasteiger partial charge on any atom is 0.236 e. The van der Waals surface area contributed by atoms with Crippen LogP contribution in [0.4, 0.5) is 0 Å². The van der Waals surface area contributed by atoms with Gasteiger partial charge in [0, 0.05) is 18.6 Å². The van der Waals surface area contributed by atoms with Crippen LogP contribution in [0.15, 0.2) is 30.3 Å². The van der Waals surface area contributed by atoms with Crippen molar-refractivity contribution < 1.29 is 4.79 Å². The third-order valence-corrected chi connectivity index (χ3v) is 3.64. The quantitative estimate of drug-likeness (QED) is 0.815. The van der Waals surface area contributed by atoms with E-state index in [0.29, 0.717) is 18.6 Å². The maximum atomic E-state index is 12.1. The second kappa shape index (κ2) is 6.71. The van der Waals surface area contributed by atoms with Gasteiger partial charge in [0.15, 0.2) is 0 Å². The lowest BCUT2D eigenvalue weighted by atomic mass is 10.1. The molecule has 1 aromatic carbocycles. The van der Waals surface area contributed by atoms with Crippen LogP contribution in [0.25, 0.3) is 0 Å². The van der Waals surface area contributed by atoms with Crippen LogP contribution in [0.2, 0.25) is 0 Å². The van der Waals surface area contributed by atoms with Crippen molar-refractivity contribution in [1.29, 1.82) is 0 Å². The normalized spacial score (nSPS) is 16.1. The summed E-state index contributed by atoms with van der Waals surface area (Å²) in [6.07, 6.45) is 3.32. The number of hydrogen-bond acceptors (Lipinski definition) is 2. The van der Waals surface area contributed by atoms with Gasteiger partial charge in [0.05, 0.1) is 6.54 Å². The van der Waals surface area contributed by atoms with Gasteiger partial charge in [0.25, 0.3) is 0 Å². The number of nitrogens with one attached hydrogen (secondary N) is 1. The van der Waals surface area contributed by atoms with E-state index in [4.69, 9.17) is 0 Å². The molecule has 104 valence electrons. The Labute approximate surface area is 116 Å². The van der Waals surface area contributed by atoms with E-state index in [-0.39, 0.29) is 5.91 Å². The van der Waals surface area contributed by atoms with E-state index in [1.807, 2.05) is 11.0 Å². The molecular weight excluding hydrogens is 236 g/mol. The Morgan fingerprint density at radius 2 is 2.05 bits per heavy atom. The summed E-state index contributed by atoms with van der Waals surface area (Å²) < 4.78 is 0. The zero-order chi connectivity index (χ0) is 13.7. The summed E-state index contributed by atoms with van der Waals surface area (Å²) in [6, 6.07) is 11.2. The van der Waals surface area contributed by atoms with Crippen LogP contribution in [0.5, 0.6) is 0 Å². The molecule has 1 N–H and O–H groups in total. The highest BCUT2D eigenvalue weighted by Crippen LogP contribution is 2.26. The standard InChI is InChI=1S/C16H24N2O/c1-3-18(15-9-10-15)16(19)12-17-13(2)11-14-7-5-4-6-8-14/h4-8,13,15,17H,3,9-12H2,1-2H3. The fraction of sp³-hybridized carbons (Fsp3) is 0.562. The van der Waals surface area contributed by atoms with Gasteiger partial charge in [-0.2, -0.15) is 0 Å². The molecule has 1 saturated carbocycles. The molecule has 0 bridgehead atoms. The Hall–Kier alpha value is -1.35. The van der Waals surface area contributed by atoms with E-state index in [1.165, 1.54) is 18.4 Å². The van der Waals surface area contributed by atoms with E-state index in [9.17, 15) is 4.79 Å². The molecule has 1 atom stereocenters. The Morgan fingerprint density at radius 3 is 2.63 bits per heavy atom. The molecule has 1 unspecified atom stereocenters. The molecule has 0 heterocycles. The average Bonchev–Trinajstić information content (AvgIpc) is 3.23. The molecule has 0 radical (unpaired) electrons. The van der Waals surface area contributed by atoms with Gasteiger partial charge in [-0.25, -0.2) is 0 Å². The predicted octanol–water partition coefficient (Wildman–Crippen LogP) is 2.22. The smallest absolute Gasteiger partial charge is 0.236 e. The van der Waals surface area contributed by atoms with Crippen molar-refractivity contribution >= 4 is 5.91 Å². The van der Waals surface area contributed by atoms with Gasteiger partial charge in [-0.15, -0.1) is 0 Å². The highest BCUT2D eigenvalue weighted by atomic mass is 16.2. The summed E-state index contributed by atoms with van der Waals surface area (Å²) in [5.74, 6) is 0.241. The topological polar surface area (TPSA) is 32.3 Å². The van der Waals surface area contributed by atoms with Gasteiger partial charge in [0.1, 0.15) is 0 Å². The fourth-order valence-electron chi connectivity index (χ4n) is 2.43. The van der Waals surface area contributed by atoms with Crippen molar-refractivity contribution in [3.05, 3.63) is 35.9 Å². The molecule has 1 fully saturated rings. The lowest BCUT2D eigenvalue weighted by Crippen LogP contribution is -2.42. The first-order chi connectivity index (χ1) is 9.20. The fourth-order valence-corrected chi connectivity index (χ4v) is 2.43. The predicted molar refractivity (Wildman–Crippen MR) is 78.0 cm³/mol. The average molecular weight is 260 g/mol. The molecule has 1 aromatic rings. The van der Waals surface area contributed by atoms with Gasteiger partial charge in [-0.1, -0.05) is 30.3 Å². The summed E-state index contributed by atoms with van der Waals surface area (Å²) in [5, 5.41) is 3.34. The zero-order valence-corrected chi connectivity index (χ0v) is 11.9. The van der Waals surface area contributed by atoms with Crippen LogP contribution >= 0.6 is 0 Å². The minimum absolute atomic E-state index is 0.241. The van der Waals surface area contributed by atoms with Crippen LogP contribution in [0.1, 0.15) is 32.3 Å². The lowest BCUT2D eigenvalue weighted by Gasteiger charge is -2.22. The van der Waals surface area contributed by atoms with Crippen molar-refractivity contribution in [3.63, 3.8) is 0 Å². The maximum absolute atomic E-state index is 12.1. The van der Waals surface area contributed by atoms with Crippen molar-refractivity contribution in [2.45, 2.75) is 45.2 Å². The first-order valence-electron chi connectivity index (χ1n) is 7.27. The van der Waals surface area contributed by atoms with Crippen LogP contribution < -0.4 is 5.32 Å². The molecule has 19 heavy (non-hydrogen) atoms. The molecule has 0 saturated heterocycles. The molecule has 3 heteroatoms. The van der Waals surface area contributed by atoms with Crippen molar-refractivity contribution in [2.24, 2.45) is 0 Å². The van der Waals surface area contributed by atoms with Crippen molar-refractivity contribution in [3.8, 4) is 0 Å². The Morgan fingerprint density at radius 1 is 1.37 bits per heavy atom. The minimum Gasteiger partial charge on any atom is -0.339 e. The van der Waals surface area contributed by atoms with Gasteiger partial charge >= 0.3 is 0 Å². The molecular formula is C16H24N2O. The highest BCUT2D eigenvalue weighted by Gasteiger charge is 2.30. The number of carbonyl (C=O) groups excluding carboxylic acids is 1. The van der Waals surface area contributed by atoms with E-state index in [1.54, 1.807) is 0 Å². The first-order valence-corrected chi connectivity index (χ1v) is 7.27. The van der Waals surface area contributed by atoms with E-state index >= 15 is 0 Å². The molecule has 0 aromatic heterocycles. The molecule has 1 amide bonds.